The van der Waals surface area contributed by atoms with E-state index in [4.69, 9.17) is 0 Å². The minimum absolute atomic E-state index is 0.0609. The van der Waals surface area contributed by atoms with Crippen molar-refractivity contribution < 1.29 is 4.57 Å². The molecule has 0 N–H and O–H groups in total. The van der Waals surface area contributed by atoms with Gasteiger partial charge in [-0.25, -0.2) is 0 Å². The molecule has 1 aliphatic carbocycles. The Morgan fingerprint density at radius 1 is 0.742 bits per heavy atom. The Bertz CT molecular complexity index is 1400. The van der Waals surface area contributed by atoms with E-state index >= 15 is 0 Å². The van der Waals surface area contributed by atoms with E-state index in [9.17, 15) is 0 Å². The first kappa shape index (κ1) is 20.0. The number of pyridine rings is 1. The minimum Gasteiger partial charge on any atom is -0.194 e. The molecule has 5 rings (SSSR count). The number of nitrogens with zero attached hydrogens (tertiary/aromatic N) is 1. The molecule has 0 spiro atoms. The van der Waals surface area contributed by atoms with Gasteiger partial charge in [-0.2, -0.15) is 4.57 Å². The van der Waals surface area contributed by atoms with Gasteiger partial charge in [0.25, 0.3) is 0 Å². The third kappa shape index (κ3) is 2.65. The molecule has 0 fully saturated rings. The maximum Gasteiger partial charge on any atom is 0.217 e. The molecule has 0 amide bonds. The SMILES string of the molecule is Cc1cc(C)c(C)c(-c2c3c(c4c(C)cc(C)cc4[n+]2C)-c2ccccc2C3(C)C)c1. The third-order valence-corrected chi connectivity index (χ3v) is 7.45. The monoisotopic (exact) mass is 406 g/mol. The molecule has 0 saturated heterocycles. The summed E-state index contributed by atoms with van der Waals surface area (Å²) in [6, 6.07) is 18.4. The van der Waals surface area contributed by atoms with Crippen LogP contribution in [0, 0.1) is 34.6 Å². The second-order valence-corrected chi connectivity index (χ2v) is 10.1. The van der Waals surface area contributed by atoms with E-state index < -0.39 is 0 Å². The molecule has 1 nitrogen and oxygen atoms in total. The van der Waals surface area contributed by atoms with Crippen LogP contribution in [0.1, 0.15) is 52.8 Å². The summed E-state index contributed by atoms with van der Waals surface area (Å²) in [5.41, 5.74) is 16.4. The average molecular weight is 407 g/mol. The Hall–Kier alpha value is -2.93. The fourth-order valence-corrected chi connectivity index (χ4v) is 5.93. The van der Waals surface area contributed by atoms with Crippen LogP contribution < -0.4 is 4.57 Å². The zero-order chi connectivity index (χ0) is 22.2. The van der Waals surface area contributed by atoms with Crippen LogP contribution >= 0.6 is 0 Å². The van der Waals surface area contributed by atoms with Gasteiger partial charge in [-0.3, -0.25) is 0 Å². The van der Waals surface area contributed by atoms with Gasteiger partial charge < -0.3 is 0 Å². The van der Waals surface area contributed by atoms with Gasteiger partial charge >= 0.3 is 0 Å². The van der Waals surface area contributed by atoms with Crippen molar-refractivity contribution in [2.75, 3.05) is 0 Å². The van der Waals surface area contributed by atoms with Crippen LogP contribution in [0.3, 0.4) is 0 Å². The van der Waals surface area contributed by atoms with E-state index in [1.54, 1.807) is 0 Å². The van der Waals surface area contributed by atoms with Crippen LogP contribution in [0.2, 0.25) is 0 Å². The number of benzene rings is 3. The summed E-state index contributed by atoms with van der Waals surface area (Å²) in [4.78, 5) is 0. The lowest BCUT2D eigenvalue weighted by molar-refractivity contribution is -0.634. The molecule has 4 aromatic rings. The van der Waals surface area contributed by atoms with Crippen LogP contribution in [0.4, 0.5) is 0 Å². The van der Waals surface area contributed by atoms with Crippen LogP contribution in [0.15, 0.2) is 48.5 Å². The molecule has 156 valence electrons. The second kappa shape index (κ2) is 6.53. The van der Waals surface area contributed by atoms with Crippen LogP contribution in [-0.2, 0) is 12.5 Å². The zero-order valence-electron chi connectivity index (χ0n) is 20.1. The van der Waals surface area contributed by atoms with Gasteiger partial charge in [-0.05, 0) is 74.1 Å². The third-order valence-electron chi connectivity index (χ3n) is 7.45. The van der Waals surface area contributed by atoms with Gasteiger partial charge in [0, 0.05) is 28.2 Å². The molecule has 1 aliphatic rings. The lowest BCUT2D eigenvalue weighted by Gasteiger charge is -2.24. The largest absolute Gasteiger partial charge is 0.217 e. The van der Waals surface area contributed by atoms with Crippen molar-refractivity contribution >= 4 is 10.9 Å². The lowest BCUT2D eigenvalue weighted by atomic mass is 9.79. The molecule has 0 bridgehead atoms. The minimum atomic E-state index is -0.0609. The smallest absolute Gasteiger partial charge is 0.194 e. The van der Waals surface area contributed by atoms with E-state index in [0.717, 1.165) is 0 Å². The van der Waals surface area contributed by atoms with Gasteiger partial charge in [0.2, 0.25) is 11.2 Å². The molecular formula is C30H32N+. The topological polar surface area (TPSA) is 3.88 Å². The fraction of sp³-hybridized carbons (Fsp3) is 0.300. The van der Waals surface area contributed by atoms with Crippen molar-refractivity contribution in [3.05, 3.63) is 87.5 Å². The molecular weight excluding hydrogens is 374 g/mol. The first-order valence-corrected chi connectivity index (χ1v) is 11.3. The Balaban J connectivity index is 2.09. The number of hydrogen-bond acceptors (Lipinski definition) is 0. The van der Waals surface area contributed by atoms with Gasteiger partial charge in [0.15, 0.2) is 0 Å². The molecule has 31 heavy (non-hydrogen) atoms. The normalized spacial score (nSPS) is 14.1. The highest BCUT2D eigenvalue weighted by Crippen LogP contribution is 2.54. The summed E-state index contributed by atoms with van der Waals surface area (Å²) in [6.07, 6.45) is 0. The molecule has 0 saturated carbocycles. The number of hydrogen-bond donors (Lipinski definition) is 0. The quantitative estimate of drug-likeness (QED) is 0.295. The van der Waals surface area contributed by atoms with Gasteiger partial charge in [-0.15, -0.1) is 0 Å². The number of rotatable bonds is 1. The van der Waals surface area contributed by atoms with Gasteiger partial charge in [0.1, 0.15) is 7.05 Å². The molecule has 1 heteroatoms. The Morgan fingerprint density at radius 2 is 1.39 bits per heavy atom. The van der Waals surface area contributed by atoms with Gasteiger partial charge in [0.05, 0.1) is 5.39 Å². The first-order valence-electron chi connectivity index (χ1n) is 11.3. The van der Waals surface area contributed by atoms with Crippen molar-refractivity contribution in [1.29, 1.82) is 0 Å². The summed E-state index contributed by atoms with van der Waals surface area (Å²) < 4.78 is 2.46. The fourth-order valence-electron chi connectivity index (χ4n) is 5.93. The van der Waals surface area contributed by atoms with E-state index in [0.29, 0.717) is 0 Å². The molecule has 0 unspecified atom stereocenters. The first-order chi connectivity index (χ1) is 14.6. The predicted octanol–water partition coefficient (Wildman–Crippen LogP) is 7.18. The van der Waals surface area contributed by atoms with Crippen molar-refractivity contribution in [1.82, 2.24) is 0 Å². The van der Waals surface area contributed by atoms with E-state index in [1.807, 2.05) is 0 Å². The predicted molar refractivity (Wildman–Crippen MR) is 132 cm³/mol. The maximum absolute atomic E-state index is 2.46. The Kier molecular flexibility index (Phi) is 4.21. The molecule has 1 aromatic heterocycles. The highest BCUT2D eigenvalue weighted by atomic mass is 14.9. The summed E-state index contributed by atoms with van der Waals surface area (Å²) in [6.45, 7) is 16.0. The van der Waals surface area contributed by atoms with Gasteiger partial charge in [-0.1, -0.05) is 55.8 Å². The van der Waals surface area contributed by atoms with E-state index in [1.165, 1.54) is 72.2 Å². The molecule has 0 radical (unpaired) electrons. The standard InChI is InChI=1S/C30H32N/c1-17-13-19(3)21(5)23(15-17)29-28-27(22-11-9-10-12-24(22)30(28,6)7)26-20(4)14-18(2)16-25(26)31(29)8/h9-16H,1-8H3/q+1. The number of aromatic nitrogens is 1. The average Bonchev–Trinajstić information content (AvgIpc) is 2.93. The second-order valence-electron chi connectivity index (χ2n) is 10.1. The summed E-state index contributed by atoms with van der Waals surface area (Å²) in [5.74, 6) is 0. The van der Waals surface area contributed by atoms with E-state index in [2.05, 4.69) is 109 Å². The zero-order valence-corrected chi connectivity index (χ0v) is 20.1. The number of fused-ring (bicyclic) bond motifs is 5. The van der Waals surface area contributed by atoms with Crippen molar-refractivity contribution in [2.24, 2.45) is 7.05 Å². The maximum atomic E-state index is 2.46. The van der Waals surface area contributed by atoms with Crippen molar-refractivity contribution in [3.8, 4) is 22.4 Å². The Labute approximate surface area is 186 Å². The highest BCUT2D eigenvalue weighted by molar-refractivity contribution is 6.03. The summed E-state index contributed by atoms with van der Waals surface area (Å²) >= 11 is 0. The highest BCUT2D eigenvalue weighted by Gasteiger charge is 2.43. The van der Waals surface area contributed by atoms with Crippen LogP contribution in [0.25, 0.3) is 33.3 Å². The van der Waals surface area contributed by atoms with Crippen LogP contribution in [-0.4, -0.2) is 0 Å². The van der Waals surface area contributed by atoms with Crippen molar-refractivity contribution in [2.45, 2.75) is 53.9 Å². The molecule has 3 aromatic carbocycles. The molecule has 0 atom stereocenters. The lowest BCUT2D eigenvalue weighted by Crippen LogP contribution is -2.36. The summed E-state index contributed by atoms with van der Waals surface area (Å²) in [5, 5.41) is 1.40. The number of aryl methyl sites for hydroxylation is 5. The Morgan fingerprint density at radius 3 is 2.13 bits per heavy atom. The van der Waals surface area contributed by atoms with Crippen molar-refractivity contribution in [3.63, 3.8) is 0 Å². The van der Waals surface area contributed by atoms with E-state index in [-0.39, 0.29) is 5.41 Å². The molecule has 0 aliphatic heterocycles. The van der Waals surface area contributed by atoms with Crippen LogP contribution in [0.5, 0.6) is 0 Å². The summed E-state index contributed by atoms with van der Waals surface area (Å²) in [7, 11) is 2.26. The molecule has 1 heterocycles.